The van der Waals surface area contributed by atoms with Gasteiger partial charge in [-0.2, -0.15) is 0 Å². The van der Waals surface area contributed by atoms with Crippen molar-refractivity contribution in [3.8, 4) is 0 Å². The Morgan fingerprint density at radius 3 is 2.50 bits per heavy atom. The predicted octanol–water partition coefficient (Wildman–Crippen LogP) is 2.98. The van der Waals surface area contributed by atoms with Crippen molar-refractivity contribution < 1.29 is 0 Å². The van der Waals surface area contributed by atoms with E-state index in [2.05, 4.69) is 52.2 Å². The Morgan fingerprint density at radius 2 is 1.94 bits per heavy atom. The van der Waals surface area contributed by atoms with Crippen molar-refractivity contribution in [2.75, 3.05) is 7.05 Å². The summed E-state index contributed by atoms with van der Waals surface area (Å²) in [6.07, 6.45) is 0. The molecule has 0 aliphatic carbocycles. The molecule has 0 aromatic carbocycles. The summed E-state index contributed by atoms with van der Waals surface area (Å²) in [5, 5.41) is 8.70. The molecule has 96 valence electrons. The van der Waals surface area contributed by atoms with Crippen molar-refractivity contribution in [1.82, 2.24) is 10.6 Å². The van der Waals surface area contributed by atoms with Crippen LogP contribution in [0.2, 0.25) is 0 Å². The zero-order valence-electron chi connectivity index (χ0n) is 10.6. The predicted molar refractivity (Wildman–Crippen MR) is 80.4 cm³/mol. The van der Waals surface area contributed by atoms with Crippen molar-refractivity contribution in [1.29, 1.82) is 0 Å². The topological polar surface area (TPSA) is 36.4 Å². The maximum atomic E-state index is 4.21. The number of nitrogens with one attached hydrogen (secondary N) is 2. The molecule has 0 amide bonds. The first-order valence-corrected chi connectivity index (χ1v) is 7.50. The number of guanidine groups is 1. The Balaban J connectivity index is 1.79. The van der Waals surface area contributed by atoms with E-state index in [9.17, 15) is 0 Å². The molecular weight excluding hydrogens is 262 g/mol. The zero-order chi connectivity index (χ0) is 12.8. The molecule has 0 atom stereocenters. The average molecular weight is 279 g/mol. The number of thiophene rings is 2. The normalized spacial score (nSPS) is 11.6. The van der Waals surface area contributed by atoms with Crippen LogP contribution < -0.4 is 10.6 Å². The molecule has 2 heterocycles. The molecule has 0 bridgehead atoms. The summed E-state index contributed by atoms with van der Waals surface area (Å²) in [5.74, 6) is 0.842. The first-order valence-electron chi connectivity index (χ1n) is 5.80. The van der Waals surface area contributed by atoms with Crippen molar-refractivity contribution in [2.24, 2.45) is 4.99 Å². The molecule has 0 saturated heterocycles. The third-order valence-corrected chi connectivity index (χ3v) is 4.34. The van der Waals surface area contributed by atoms with Gasteiger partial charge >= 0.3 is 0 Å². The van der Waals surface area contributed by atoms with Gasteiger partial charge in [0.1, 0.15) is 0 Å². The Hall–Kier alpha value is -1.33. The smallest absolute Gasteiger partial charge is 0.191 e. The number of rotatable bonds is 4. The highest BCUT2D eigenvalue weighted by Gasteiger charge is 2.00. The molecule has 2 aromatic heterocycles. The van der Waals surface area contributed by atoms with E-state index in [-0.39, 0.29) is 0 Å². The van der Waals surface area contributed by atoms with E-state index in [1.54, 1.807) is 18.4 Å². The van der Waals surface area contributed by atoms with Gasteiger partial charge in [0.25, 0.3) is 0 Å². The van der Waals surface area contributed by atoms with Crippen LogP contribution in [0, 0.1) is 6.92 Å². The van der Waals surface area contributed by atoms with Crippen LogP contribution in [0.5, 0.6) is 0 Å². The maximum absolute atomic E-state index is 4.21. The fourth-order valence-electron chi connectivity index (χ4n) is 1.56. The first kappa shape index (κ1) is 13.1. The fourth-order valence-corrected chi connectivity index (χ4v) is 3.03. The molecular formula is C13H17N3S2. The summed E-state index contributed by atoms with van der Waals surface area (Å²) in [5.41, 5.74) is 0. The van der Waals surface area contributed by atoms with Gasteiger partial charge in [0.2, 0.25) is 0 Å². The van der Waals surface area contributed by atoms with Crippen LogP contribution >= 0.6 is 22.7 Å². The Labute approximate surface area is 116 Å². The highest BCUT2D eigenvalue weighted by atomic mass is 32.1. The molecule has 18 heavy (non-hydrogen) atoms. The van der Waals surface area contributed by atoms with Gasteiger partial charge in [-0.25, -0.2) is 0 Å². The fraction of sp³-hybridized carbons (Fsp3) is 0.308. The summed E-state index contributed by atoms with van der Waals surface area (Å²) >= 11 is 3.56. The van der Waals surface area contributed by atoms with Gasteiger partial charge in [0.15, 0.2) is 5.96 Å². The van der Waals surface area contributed by atoms with Gasteiger partial charge < -0.3 is 10.6 Å². The lowest BCUT2D eigenvalue weighted by molar-refractivity contribution is 0.822. The van der Waals surface area contributed by atoms with Crippen LogP contribution in [0.4, 0.5) is 0 Å². The third kappa shape index (κ3) is 3.85. The van der Waals surface area contributed by atoms with Crippen molar-refractivity contribution in [2.45, 2.75) is 20.0 Å². The third-order valence-electron chi connectivity index (χ3n) is 2.46. The van der Waals surface area contributed by atoms with Crippen LogP contribution in [0.1, 0.15) is 14.6 Å². The van der Waals surface area contributed by atoms with E-state index in [1.165, 1.54) is 14.6 Å². The van der Waals surface area contributed by atoms with E-state index in [1.807, 2.05) is 11.3 Å². The lowest BCUT2D eigenvalue weighted by Crippen LogP contribution is -2.35. The lowest BCUT2D eigenvalue weighted by Gasteiger charge is -2.10. The summed E-state index contributed by atoms with van der Waals surface area (Å²) in [6.45, 7) is 3.77. The summed E-state index contributed by atoms with van der Waals surface area (Å²) in [4.78, 5) is 8.19. The van der Waals surface area contributed by atoms with Crippen LogP contribution in [0.15, 0.2) is 34.6 Å². The molecule has 0 aliphatic heterocycles. The highest BCUT2D eigenvalue weighted by Crippen LogP contribution is 2.14. The minimum Gasteiger partial charge on any atom is -0.352 e. The van der Waals surface area contributed by atoms with E-state index >= 15 is 0 Å². The van der Waals surface area contributed by atoms with Crippen LogP contribution in [-0.2, 0) is 13.1 Å². The van der Waals surface area contributed by atoms with Crippen molar-refractivity contribution in [3.63, 3.8) is 0 Å². The minimum absolute atomic E-state index is 0.820. The van der Waals surface area contributed by atoms with Gasteiger partial charge in [-0.05, 0) is 30.5 Å². The first-order chi connectivity index (χ1) is 8.78. The van der Waals surface area contributed by atoms with Crippen molar-refractivity contribution in [3.05, 3.63) is 44.3 Å². The van der Waals surface area contributed by atoms with Crippen LogP contribution in [0.3, 0.4) is 0 Å². The molecule has 0 radical (unpaired) electrons. The van der Waals surface area contributed by atoms with E-state index < -0.39 is 0 Å². The van der Waals surface area contributed by atoms with E-state index in [0.29, 0.717) is 0 Å². The molecule has 0 aliphatic rings. The van der Waals surface area contributed by atoms with Gasteiger partial charge in [0, 0.05) is 21.7 Å². The second kappa shape index (κ2) is 6.56. The molecule has 3 nitrogen and oxygen atoms in total. The van der Waals surface area contributed by atoms with E-state index in [4.69, 9.17) is 0 Å². The van der Waals surface area contributed by atoms with Gasteiger partial charge in [-0.1, -0.05) is 6.07 Å². The zero-order valence-corrected chi connectivity index (χ0v) is 12.2. The SMILES string of the molecule is CN=C(NCc1cccs1)NCc1ccc(C)s1. The Bertz CT molecular complexity index is 500. The summed E-state index contributed by atoms with van der Waals surface area (Å²) in [6, 6.07) is 8.48. The standard InChI is InChI=1S/C13H17N3S2/c1-10-5-6-12(18-10)9-16-13(14-2)15-8-11-4-3-7-17-11/h3-7H,8-9H2,1-2H3,(H2,14,15,16). The van der Waals surface area contributed by atoms with Gasteiger partial charge in [-0.15, -0.1) is 22.7 Å². The van der Waals surface area contributed by atoms with Gasteiger partial charge in [-0.3, -0.25) is 4.99 Å². The van der Waals surface area contributed by atoms with Crippen LogP contribution in [-0.4, -0.2) is 13.0 Å². The number of aryl methyl sites for hydroxylation is 1. The molecule has 5 heteroatoms. The summed E-state index contributed by atoms with van der Waals surface area (Å²) in [7, 11) is 1.80. The lowest BCUT2D eigenvalue weighted by atomic mass is 10.4. The molecule has 2 rings (SSSR count). The molecule has 0 saturated carbocycles. The average Bonchev–Trinajstić information content (AvgIpc) is 3.01. The second-order valence-electron chi connectivity index (χ2n) is 3.87. The molecule has 0 fully saturated rings. The number of nitrogens with zero attached hydrogens (tertiary/aromatic N) is 1. The van der Waals surface area contributed by atoms with Gasteiger partial charge in [0.05, 0.1) is 13.1 Å². The molecule has 0 unspecified atom stereocenters. The molecule has 0 spiro atoms. The molecule has 2 N–H and O–H groups in total. The number of hydrogen-bond donors (Lipinski definition) is 2. The maximum Gasteiger partial charge on any atom is 0.191 e. The van der Waals surface area contributed by atoms with Crippen molar-refractivity contribution >= 4 is 28.6 Å². The Kier molecular flexibility index (Phi) is 4.78. The second-order valence-corrected chi connectivity index (χ2v) is 6.28. The minimum atomic E-state index is 0.820. The largest absolute Gasteiger partial charge is 0.352 e. The van der Waals surface area contributed by atoms with E-state index in [0.717, 1.165) is 19.0 Å². The molecule has 2 aromatic rings. The number of aliphatic imine (C=N–C) groups is 1. The summed E-state index contributed by atoms with van der Waals surface area (Å²) < 4.78 is 0. The van der Waals surface area contributed by atoms with Crippen LogP contribution in [0.25, 0.3) is 0 Å². The quantitative estimate of drug-likeness (QED) is 0.667. The Morgan fingerprint density at radius 1 is 1.17 bits per heavy atom. The highest BCUT2D eigenvalue weighted by molar-refractivity contribution is 7.11. The monoisotopic (exact) mass is 279 g/mol. The number of hydrogen-bond acceptors (Lipinski definition) is 3.